The summed E-state index contributed by atoms with van der Waals surface area (Å²) in [6.45, 7) is 0. The Bertz CT molecular complexity index is 1420. The maximum absolute atomic E-state index is 13.2. The van der Waals surface area contributed by atoms with Crippen LogP contribution in [0.2, 0.25) is 5.02 Å². The summed E-state index contributed by atoms with van der Waals surface area (Å²) in [4.78, 5) is 30.1. The standard InChI is InChI=1S/C23H17ClN4O4S/c24-15-6-8-16(9-7-15)28-22(32)17-3-1-2-4-18(17)26-23(28)33-13-21(31)27-25-12-14-5-10-19(29)20(30)11-14/h1-12,29-30H,13H2,(H,27,31). The Kier molecular flexibility index (Phi) is 6.62. The van der Waals surface area contributed by atoms with Gasteiger partial charge in [-0.1, -0.05) is 35.5 Å². The number of nitrogens with one attached hydrogen (secondary N) is 1. The van der Waals surface area contributed by atoms with Gasteiger partial charge in [-0.3, -0.25) is 14.2 Å². The van der Waals surface area contributed by atoms with Gasteiger partial charge in [0, 0.05) is 5.02 Å². The third kappa shape index (κ3) is 5.16. The molecule has 8 nitrogen and oxygen atoms in total. The van der Waals surface area contributed by atoms with Crippen LogP contribution < -0.4 is 11.0 Å². The summed E-state index contributed by atoms with van der Waals surface area (Å²) in [7, 11) is 0. The van der Waals surface area contributed by atoms with Crippen LogP contribution in [0.3, 0.4) is 0 Å². The highest BCUT2D eigenvalue weighted by atomic mass is 35.5. The zero-order chi connectivity index (χ0) is 23.4. The number of hydrogen-bond donors (Lipinski definition) is 3. The number of fused-ring (bicyclic) bond motifs is 1. The number of phenolic OH excluding ortho intramolecular Hbond substituents is 2. The Morgan fingerprint density at radius 2 is 1.85 bits per heavy atom. The van der Waals surface area contributed by atoms with Gasteiger partial charge in [-0.25, -0.2) is 10.4 Å². The molecule has 0 saturated carbocycles. The number of aromatic hydroxyl groups is 2. The molecule has 4 aromatic rings. The van der Waals surface area contributed by atoms with Crippen molar-refractivity contribution in [3.63, 3.8) is 0 Å². The fourth-order valence-corrected chi connectivity index (χ4v) is 3.92. The maximum atomic E-state index is 13.2. The van der Waals surface area contributed by atoms with Gasteiger partial charge < -0.3 is 10.2 Å². The first-order chi connectivity index (χ1) is 15.9. The van der Waals surface area contributed by atoms with Gasteiger partial charge in [0.15, 0.2) is 16.7 Å². The average Bonchev–Trinajstić information content (AvgIpc) is 2.81. The molecule has 1 aromatic heterocycles. The number of phenols is 2. The van der Waals surface area contributed by atoms with Crippen LogP contribution in [0.15, 0.2) is 81.8 Å². The predicted molar refractivity (Wildman–Crippen MR) is 129 cm³/mol. The number of hydrazone groups is 1. The summed E-state index contributed by atoms with van der Waals surface area (Å²) in [5.74, 6) is -0.994. The van der Waals surface area contributed by atoms with Gasteiger partial charge in [-0.05, 0) is 60.2 Å². The number of thioether (sulfide) groups is 1. The van der Waals surface area contributed by atoms with Crippen LogP contribution in [-0.4, -0.2) is 37.6 Å². The molecular weight excluding hydrogens is 464 g/mol. The summed E-state index contributed by atoms with van der Waals surface area (Å²) >= 11 is 7.08. The second-order valence-electron chi connectivity index (χ2n) is 6.86. The van der Waals surface area contributed by atoms with Gasteiger partial charge in [-0.15, -0.1) is 0 Å². The second kappa shape index (κ2) is 9.76. The summed E-state index contributed by atoms with van der Waals surface area (Å²) in [5.41, 5.74) is 3.73. The fraction of sp³-hybridized carbons (Fsp3) is 0.0435. The van der Waals surface area contributed by atoms with Crippen molar-refractivity contribution < 1.29 is 15.0 Å². The maximum Gasteiger partial charge on any atom is 0.266 e. The summed E-state index contributed by atoms with van der Waals surface area (Å²) < 4.78 is 1.44. The number of nitrogens with zero attached hydrogens (tertiary/aromatic N) is 3. The highest BCUT2D eigenvalue weighted by Crippen LogP contribution is 2.24. The number of rotatable bonds is 6. The van der Waals surface area contributed by atoms with E-state index in [4.69, 9.17) is 11.6 Å². The molecule has 3 aromatic carbocycles. The Morgan fingerprint density at radius 1 is 1.09 bits per heavy atom. The van der Waals surface area contributed by atoms with Crippen molar-refractivity contribution >= 4 is 46.4 Å². The number of carbonyl (C=O) groups is 1. The molecule has 1 amide bonds. The summed E-state index contributed by atoms with van der Waals surface area (Å²) in [6, 6.07) is 17.9. The smallest absolute Gasteiger partial charge is 0.266 e. The largest absolute Gasteiger partial charge is 0.504 e. The Labute approximate surface area is 197 Å². The topological polar surface area (TPSA) is 117 Å². The predicted octanol–water partition coefficient (Wildman–Crippen LogP) is 3.69. The number of aromatic nitrogens is 2. The van der Waals surface area contributed by atoms with Crippen LogP contribution in [0.25, 0.3) is 16.6 Å². The Hall–Kier alpha value is -3.82. The molecular formula is C23H17ClN4O4S. The molecule has 0 bridgehead atoms. The minimum absolute atomic E-state index is 0.0451. The summed E-state index contributed by atoms with van der Waals surface area (Å²) in [5, 5.41) is 24.0. The molecule has 1 heterocycles. The quantitative estimate of drug-likeness (QED) is 0.127. The molecule has 0 fully saturated rings. The molecule has 0 aliphatic carbocycles. The van der Waals surface area contributed by atoms with Crippen molar-refractivity contribution in [1.29, 1.82) is 0 Å². The van der Waals surface area contributed by atoms with Crippen LogP contribution in [0.5, 0.6) is 11.5 Å². The van der Waals surface area contributed by atoms with Crippen LogP contribution in [0.1, 0.15) is 5.56 Å². The van der Waals surface area contributed by atoms with E-state index in [1.165, 1.54) is 29.0 Å². The Morgan fingerprint density at radius 3 is 2.61 bits per heavy atom. The molecule has 0 aliphatic rings. The molecule has 0 unspecified atom stereocenters. The lowest BCUT2D eigenvalue weighted by molar-refractivity contribution is -0.118. The lowest BCUT2D eigenvalue weighted by Crippen LogP contribution is -2.24. The van der Waals surface area contributed by atoms with Crippen molar-refractivity contribution in [2.75, 3.05) is 5.75 Å². The highest BCUT2D eigenvalue weighted by Gasteiger charge is 2.14. The lowest BCUT2D eigenvalue weighted by Gasteiger charge is -2.13. The zero-order valence-corrected chi connectivity index (χ0v) is 18.5. The van der Waals surface area contributed by atoms with Gasteiger partial charge in [0.25, 0.3) is 11.5 Å². The van der Waals surface area contributed by atoms with Gasteiger partial charge in [0.1, 0.15) is 0 Å². The van der Waals surface area contributed by atoms with Crippen molar-refractivity contribution in [1.82, 2.24) is 15.0 Å². The molecule has 0 atom stereocenters. The van der Waals surface area contributed by atoms with Gasteiger partial charge in [0.05, 0.1) is 28.6 Å². The van der Waals surface area contributed by atoms with Crippen LogP contribution in [0.4, 0.5) is 0 Å². The van der Waals surface area contributed by atoms with Gasteiger partial charge in [-0.2, -0.15) is 5.10 Å². The first-order valence-electron chi connectivity index (χ1n) is 9.67. The minimum Gasteiger partial charge on any atom is -0.504 e. The molecule has 4 rings (SSSR count). The molecule has 0 radical (unpaired) electrons. The van der Waals surface area contributed by atoms with E-state index in [0.29, 0.717) is 32.3 Å². The number of amides is 1. The number of carbonyl (C=O) groups excluding carboxylic acids is 1. The van der Waals surface area contributed by atoms with E-state index in [2.05, 4.69) is 15.5 Å². The zero-order valence-electron chi connectivity index (χ0n) is 17.0. The average molecular weight is 481 g/mol. The van der Waals surface area contributed by atoms with E-state index in [0.717, 1.165) is 11.8 Å². The molecule has 10 heteroatoms. The van der Waals surface area contributed by atoms with E-state index in [1.54, 1.807) is 48.5 Å². The monoisotopic (exact) mass is 480 g/mol. The first kappa shape index (κ1) is 22.4. The van der Waals surface area contributed by atoms with Gasteiger partial charge in [0.2, 0.25) is 0 Å². The van der Waals surface area contributed by atoms with E-state index in [-0.39, 0.29) is 22.8 Å². The van der Waals surface area contributed by atoms with Crippen LogP contribution in [-0.2, 0) is 4.79 Å². The van der Waals surface area contributed by atoms with E-state index in [1.807, 2.05) is 0 Å². The molecule has 166 valence electrons. The number of halogens is 1. The number of hydrogen-bond acceptors (Lipinski definition) is 7. The molecule has 0 saturated heterocycles. The van der Waals surface area contributed by atoms with E-state index >= 15 is 0 Å². The third-order valence-electron chi connectivity index (χ3n) is 4.56. The highest BCUT2D eigenvalue weighted by molar-refractivity contribution is 7.99. The second-order valence-corrected chi connectivity index (χ2v) is 8.24. The number of para-hydroxylation sites is 1. The van der Waals surface area contributed by atoms with Gasteiger partial charge >= 0.3 is 0 Å². The normalized spacial score (nSPS) is 11.2. The van der Waals surface area contributed by atoms with Crippen molar-refractivity contribution in [3.8, 4) is 17.2 Å². The van der Waals surface area contributed by atoms with Crippen molar-refractivity contribution in [3.05, 3.63) is 87.7 Å². The fourth-order valence-electron chi connectivity index (χ4n) is 2.99. The molecule has 0 spiro atoms. The van der Waals surface area contributed by atoms with E-state index < -0.39 is 5.91 Å². The third-order valence-corrected chi connectivity index (χ3v) is 5.76. The van der Waals surface area contributed by atoms with Crippen molar-refractivity contribution in [2.24, 2.45) is 5.10 Å². The van der Waals surface area contributed by atoms with Crippen LogP contribution >= 0.6 is 23.4 Å². The Balaban J connectivity index is 1.55. The summed E-state index contributed by atoms with van der Waals surface area (Å²) in [6.07, 6.45) is 1.33. The minimum atomic E-state index is -0.413. The molecule has 33 heavy (non-hydrogen) atoms. The SMILES string of the molecule is O=C(CSc1nc2ccccc2c(=O)n1-c1ccc(Cl)cc1)NN=Cc1ccc(O)c(O)c1. The van der Waals surface area contributed by atoms with Crippen LogP contribution in [0, 0.1) is 0 Å². The first-order valence-corrected chi connectivity index (χ1v) is 11.0. The molecule has 3 N–H and O–H groups in total. The molecule has 0 aliphatic heterocycles. The van der Waals surface area contributed by atoms with E-state index in [9.17, 15) is 19.8 Å². The lowest BCUT2D eigenvalue weighted by atomic mass is 10.2. The van der Waals surface area contributed by atoms with Crippen molar-refractivity contribution in [2.45, 2.75) is 5.16 Å². The number of benzene rings is 3.